The molecule has 0 saturated heterocycles. The van der Waals surface area contributed by atoms with Crippen molar-refractivity contribution in [3.63, 3.8) is 0 Å². The Kier molecular flexibility index (Phi) is 5.46. The molecule has 1 unspecified atom stereocenters. The topological polar surface area (TPSA) is 38.3 Å². The van der Waals surface area contributed by atoms with E-state index < -0.39 is 0 Å². The van der Waals surface area contributed by atoms with Crippen molar-refractivity contribution >= 4 is 5.97 Å². The highest BCUT2D eigenvalue weighted by Crippen LogP contribution is 2.16. The maximum Gasteiger partial charge on any atom is 0.314 e. The highest BCUT2D eigenvalue weighted by molar-refractivity contribution is 5.78. The Morgan fingerprint density at radius 1 is 1.14 bits per heavy atom. The van der Waals surface area contributed by atoms with Crippen molar-refractivity contribution in [2.75, 3.05) is 13.7 Å². The molecule has 0 aromatic heterocycles. The molecule has 2 aromatic rings. The molecule has 110 valence electrons. The van der Waals surface area contributed by atoms with Gasteiger partial charge in [-0.05, 0) is 23.3 Å². The molecule has 0 saturated carbocycles. The molecule has 0 bridgehead atoms. The summed E-state index contributed by atoms with van der Waals surface area (Å²) in [6, 6.07) is 15.8. The number of carbonyl (C=O) groups is 1. The summed E-state index contributed by atoms with van der Waals surface area (Å²) >= 11 is 0. The van der Waals surface area contributed by atoms with Crippen LogP contribution in [0.2, 0.25) is 0 Å². The first-order valence-electron chi connectivity index (χ1n) is 6.78. The highest BCUT2D eigenvalue weighted by atomic mass is 19.1. The van der Waals surface area contributed by atoms with Crippen LogP contribution < -0.4 is 5.32 Å². The number of ether oxygens (including phenoxy) is 1. The molecular formula is C17H18FNO2. The van der Waals surface area contributed by atoms with Crippen molar-refractivity contribution in [2.24, 2.45) is 0 Å². The summed E-state index contributed by atoms with van der Waals surface area (Å²) < 4.78 is 17.7. The second-order valence-corrected chi connectivity index (χ2v) is 4.74. The van der Waals surface area contributed by atoms with Crippen molar-refractivity contribution in [2.45, 2.75) is 12.5 Å². The van der Waals surface area contributed by atoms with E-state index in [2.05, 4.69) is 5.32 Å². The molecule has 0 aliphatic heterocycles. The van der Waals surface area contributed by atoms with Crippen LogP contribution >= 0.6 is 0 Å². The van der Waals surface area contributed by atoms with Gasteiger partial charge in [-0.1, -0.05) is 42.5 Å². The van der Waals surface area contributed by atoms with Crippen molar-refractivity contribution in [1.29, 1.82) is 0 Å². The van der Waals surface area contributed by atoms with Gasteiger partial charge < -0.3 is 10.1 Å². The molecule has 2 rings (SSSR count). The molecule has 3 nitrogen and oxygen atoms in total. The first-order chi connectivity index (χ1) is 10.2. The fraction of sp³-hybridized carbons (Fsp3) is 0.235. The van der Waals surface area contributed by atoms with Gasteiger partial charge in [0.25, 0.3) is 0 Å². The van der Waals surface area contributed by atoms with E-state index in [-0.39, 0.29) is 17.7 Å². The summed E-state index contributed by atoms with van der Waals surface area (Å²) in [5, 5.41) is 3.21. The second kappa shape index (κ2) is 7.55. The lowest BCUT2D eigenvalue weighted by atomic mass is 9.99. The van der Waals surface area contributed by atoms with Crippen molar-refractivity contribution in [3.05, 3.63) is 71.5 Å². The molecule has 1 N–H and O–H groups in total. The fourth-order valence-corrected chi connectivity index (χ4v) is 2.13. The number of esters is 1. The monoisotopic (exact) mass is 287 g/mol. The predicted octanol–water partition coefficient (Wildman–Crippen LogP) is 2.87. The van der Waals surface area contributed by atoms with Crippen molar-refractivity contribution < 1.29 is 13.9 Å². The smallest absolute Gasteiger partial charge is 0.314 e. The van der Waals surface area contributed by atoms with Gasteiger partial charge in [-0.2, -0.15) is 0 Å². The summed E-state index contributed by atoms with van der Waals surface area (Å²) in [7, 11) is 1.39. The lowest BCUT2D eigenvalue weighted by Crippen LogP contribution is -2.27. The summed E-state index contributed by atoms with van der Waals surface area (Å²) in [6.07, 6.45) is 0. The Bertz CT molecular complexity index is 569. The largest absolute Gasteiger partial charge is 0.469 e. The zero-order valence-corrected chi connectivity index (χ0v) is 11.9. The zero-order valence-electron chi connectivity index (χ0n) is 11.9. The Hall–Kier alpha value is -2.20. The van der Waals surface area contributed by atoms with Crippen molar-refractivity contribution in [3.8, 4) is 0 Å². The van der Waals surface area contributed by atoms with Gasteiger partial charge in [-0.3, -0.25) is 4.79 Å². The third-order valence-corrected chi connectivity index (χ3v) is 3.28. The molecule has 0 amide bonds. The fourth-order valence-electron chi connectivity index (χ4n) is 2.13. The van der Waals surface area contributed by atoms with Gasteiger partial charge in [0.2, 0.25) is 0 Å². The molecule has 1 atom stereocenters. The van der Waals surface area contributed by atoms with Crippen LogP contribution in [0.4, 0.5) is 4.39 Å². The van der Waals surface area contributed by atoms with Gasteiger partial charge in [0.05, 0.1) is 13.0 Å². The van der Waals surface area contributed by atoms with E-state index in [0.717, 1.165) is 11.1 Å². The van der Waals surface area contributed by atoms with Crippen LogP contribution in [-0.4, -0.2) is 19.6 Å². The maximum absolute atomic E-state index is 12.8. The number of benzene rings is 2. The van der Waals surface area contributed by atoms with E-state index in [1.165, 1.54) is 19.2 Å². The quantitative estimate of drug-likeness (QED) is 0.830. The molecule has 0 heterocycles. The SMILES string of the molecule is COC(=O)C(CNCc1ccc(F)cc1)c1ccccc1. The lowest BCUT2D eigenvalue weighted by Gasteiger charge is -2.16. The summed E-state index contributed by atoms with van der Waals surface area (Å²) in [5.41, 5.74) is 1.88. The number of rotatable bonds is 6. The number of methoxy groups -OCH3 is 1. The second-order valence-electron chi connectivity index (χ2n) is 4.74. The predicted molar refractivity (Wildman–Crippen MR) is 79.3 cm³/mol. The lowest BCUT2D eigenvalue weighted by molar-refractivity contribution is -0.142. The highest BCUT2D eigenvalue weighted by Gasteiger charge is 2.20. The van der Waals surface area contributed by atoms with E-state index in [4.69, 9.17) is 4.74 Å². The Morgan fingerprint density at radius 2 is 1.81 bits per heavy atom. The van der Waals surface area contributed by atoms with E-state index in [1.54, 1.807) is 12.1 Å². The van der Waals surface area contributed by atoms with Crippen LogP contribution in [-0.2, 0) is 16.1 Å². The third kappa shape index (κ3) is 4.39. The maximum atomic E-state index is 12.8. The van der Waals surface area contributed by atoms with Gasteiger partial charge in [-0.15, -0.1) is 0 Å². The minimum absolute atomic E-state index is 0.254. The van der Waals surface area contributed by atoms with E-state index in [9.17, 15) is 9.18 Å². The normalized spacial score (nSPS) is 11.9. The van der Waals surface area contributed by atoms with E-state index in [1.807, 2.05) is 30.3 Å². The molecule has 0 aliphatic rings. The van der Waals surface area contributed by atoms with Crippen LogP contribution in [0.3, 0.4) is 0 Å². The number of halogens is 1. The summed E-state index contributed by atoms with van der Waals surface area (Å²) in [5.74, 6) is -0.875. The minimum Gasteiger partial charge on any atom is -0.469 e. The number of carbonyl (C=O) groups excluding carboxylic acids is 1. The third-order valence-electron chi connectivity index (χ3n) is 3.28. The van der Waals surface area contributed by atoms with Crippen LogP contribution in [0.25, 0.3) is 0 Å². The average molecular weight is 287 g/mol. The van der Waals surface area contributed by atoms with Gasteiger partial charge >= 0.3 is 5.97 Å². The Balaban J connectivity index is 1.96. The molecule has 0 fully saturated rings. The number of hydrogen-bond donors (Lipinski definition) is 1. The van der Waals surface area contributed by atoms with Crippen LogP contribution in [0.1, 0.15) is 17.0 Å². The molecule has 4 heteroatoms. The molecule has 0 aliphatic carbocycles. The Morgan fingerprint density at radius 3 is 2.43 bits per heavy atom. The first-order valence-corrected chi connectivity index (χ1v) is 6.78. The minimum atomic E-state index is -0.350. The zero-order chi connectivity index (χ0) is 15.1. The number of hydrogen-bond acceptors (Lipinski definition) is 3. The molecule has 2 aromatic carbocycles. The number of nitrogens with one attached hydrogen (secondary N) is 1. The Labute approximate surface area is 123 Å². The van der Waals surface area contributed by atoms with E-state index >= 15 is 0 Å². The van der Waals surface area contributed by atoms with Gasteiger partial charge in [0.15, 0.2) is 0 Å². The molecular weight excluding hydrogens is 269 g/mol. The standard InChI is InChI=1S/C17H18FNO2/c1-21-17(20)16(14-5-3-2-4-6-14)12-19-11-13-7-9-15(18)10-8-13/h2-10,16,19H,11-12H2,1H3. The van der Waals surface area contributed by atoms with E-state index in [0.29, 0.717) is 13.1 Å². The average Bonchev–Trinajstić information content (AvgIpc) is 2.53. The molecule has 21 heavy (non-hydrogen) atoms. The van der Waals surface area contributed by atoms with Crippen LogP contribution in [0.5, 0.6) is 0 Å². The van der Waals surface area contributed by atoms with Crippen molar-refractivity contribution in [1.82, 2.24) is 5.32 Å². The first kappa shape index (κ1) is 15.2. The summed E-state index contributed by atoms with van der Waals surface area (Å²) in [6.45, 7) is 1.04. The molecule has 0 radical (unpaired) electrons. The van der Waals surface area contributed by atoms with Crippen LogP contribution in [0, 0.1) is 5.82 Å². The van der Waals surface area contributed by atoms with Gasteiger partial charge in [0, 0.05) is 13.1 Å². The van der Waals surface area contributed by atoms with Gasteiger partial charge in [-0.25, -0.2) is 4.39 Å². The van der Waals surface area contributed by atoms with Crippen LogP contribution in [0.15, 0.2) is 54.6 Å². The molecule has 0 spiro atoms. The summed E-state index contributed by atoms with van der Waals surface area (Å²) in [4.78, 5) is 11.9. The van der Waals surface area contributed by atoms with Gasteiger partial charge in [0.1, 0.15) is 5.82 Å².